The molecule has 0 fully saturated rings. The average Bonchev–Trinajstić information content (AvgIpc) is 2.96. The number of aliphatic hydroxyl groups excluding tert-OH is 1. The van der Waals surface area contributed by atoms with E-state index in [1.807, 2.05) is 30.9 Å². The smallest absolute Gasteiger partial charge is 0.227 e. The fourth-order valence-electron chi connectivity index (χ4n) is 5.20. The molecule has 2 amide bonds. The van der Waals surface area contributed by atoms with Gasteiger partial charge in [0, 0.05) is 44.6 Å². The molecule has 0 radical (unpaired) electrons. The van der Waals surface area contributed by atoms with E-state index in [0.29, 0.717) is 36.7 Å². The summed E-state index contributed by atoms with van der Waals surface area (Å²) in [6, 6.07) is 12.3. The largest absolute Gasteiger partial charge is 0.390 e. The second-order valence-corrected chi connectivity index (χ2v) is 11.7. The third-order valence-corrected chi connectivity index (χ3v) is 7.40. The molecule has 0 saturated carbocycles. The van der Waals surface area contributed by atoms with E-state index in [1.165, 1.54) is 17.7 Å². The van der Waals surface area contributed by atoms with Gasteiger partial charge in [-0.3, -0.25) is 14.6 Å². The molecule has 9 heteroatoms. The van der Waals surface area contributed by atoms with Crippen molar-refractivity contribution in [1.29, 1.82) is 0 Å². The number of hydrogen-bond acceptors (Lipinski definition) is 5. The Balaban J connectivity index is 1.67. The molecule has 3 aromatic rings. The van der Waals surface area contributed by atoms with Crippen molar-refractivity contribution in [2.24, 2.45) is 0 Å². The maximum absolute atomic E-state index is 13.9. The quantitative estimate of drug-likeness (QED) is 0.198. The lowest BCUT2D eigenvalue weighted by Crippen LogP contribution is -2.49. The minimum absolute atomic E-state index is 0.0195. The summed E-state index contributed by atoms with van der Waals surface area (Å²) in [7, 11) is 0. The summed E-state index contributed by atoms with van der Waals surface area (Å²) in [6.07, 6.45) is 4.11. The lowest BCUT2D eigenvalue weighted by Gasteiger charge is -2.25. The third-order valence-electron chi connectivity index (χ3n) is 7.40. The van der Waals surface area contributed by atoms with Gasteiger partial charge in [0.05, 0.1) is 25.0 Å². The number of halogens is 2. The highest BCUT2D eigenvalue weighted by molar-refractivity contribution is 5.80. The number of rotatable bonds is 17. The van der Waals surface area contributed by atoms with Gasteiger partial charge in [0.15, 0.2) is 0 Å². The molecule has 0 bridgehead atoms. The molecule has 0 aliphatic heterocycles. The average molecular weight is 609 g/mol. The van der Waals surface area contributed by atoms with E-state index >= 15 is 0 Å². The van der Waals surface area contributed by atoms with Crippen LogP contribution in [0.1, 0.15) is 74.3 Å². The molecule has 0 saturated heterocycles. The number of amides is 2. The van der Waals surface area contributed by atoms with E-state index in [2.05, 4.69) is 41.6 Å². The molecule has 2 atom stereocenters. The monoisotopic (exact) mass is 608 g/mol. The first kappa shape index (κ1) is 34.8. The standard InChI is InChI=1S/C35H46F2N4O3/c1-5-10-41(11-6-2)35(44)18-28-12-27(21-38-22-28)17-34(43)40-32(16-26-14-30(36)19-31(37)15-26)33(42)23-39-20-25-8-7-9-29(13-25)24(3)4/h7-9,12-15,19,21-22,24,32-33,39,42H,5-6,10-11,16-18,20,23H2,1-4H3,(H,40,43)/t32-,33+/m0/s1. The Morgan fingerprint density at radius 1 is 0.886 bits per heavy atom. The molecule has 1 heterocycles. The molecule has 0 spiro atoms. The molecule has 2 aromatic carbocycles. The molecular weight excluding hydrogens is 562 g/mol. The van der Waals surface area contributed by atoms with Crippen molar-refractivity contribution in [2.45, 2.75) is 84.4 Å². The van der Waals surface area contributed by atoms with Crippen LogP contribution in [0.3, 0.4) is 0 Å². The van der Waals surface area contributed by atoms with Crippen molar-refractivity contribution >= 4 is 11.8 Å². The van der Waals surface area contributed by atoms with Gasteiger partial charge in [0.2, 0.25) is 11.8 Å². The number of hydrogen-bond donors (Lipinski definition) is 3. The first-order chi connectivity index (χ1) is 21.1. The summed E-state index contributed by atoms with van der Waals surface area (Å²) < 4.78 is 27.9. The molecule has 238 valence electrons. The number of pyridine rings is 1. The zero-order valence-corrected chi connectivity index (χ0v) is 26.3. The van der Waals surface area contributed by atoms with Gasteiger partial charge in [-0.15, -0.1) is 0 Å². The highest BCUT2D eigenvalue weighted by Crippen LogP contribution is 2.16. The van der Waals surface area contributed by atoms with Gasteiger partial charge in [-0.05, 0) is 65.1 Å². The van der Waals surface area contributed by atoms with E-state index in [9.17, 15) is 23.5 Å². The molecule has 44 heavy (non-hydrogen) atoms. The Bertz CT molecular complexity index is 1340. The van der Waals surface area contributed by atoms with Gasteiger partial charge in [0.25, 0.3) is 0 Å². The van der Waals surface area contributed by atoms with E-state index < -0.39 is 23.8 Å². The van der Waals surface area contributed by atoms with Crippen molar-refractivity contribution in [1.82, 2.24) is 20.5 Å². The minimum atomic E-state index is -1.04. The molecule has 7 nitrogen and oxygen atoms in total. The second kappa shape index (κ2) is 17.6. The fraction of sp³-hybridized carbons (Fsp3) is 0.457. The predicted molar refractivity (Wildman–Crippen MR) is 169 cm³/mol. The van der Waals surface area contributed by atoms with Crippen LogP contribution in [0.25, 0.3) is 0 Å². The number of nitrogens with zero attached hydrogens (tertiary/aromatic N) is 2. The number of nitrogens with one attached hydrogen (secondary N) is 2. The molecular formula is C35H46F2N4O3. The second-order valence-electron chi connectivity index (χ2n) is 11.7. The van der Waals surface area contributed by atoms with Crippen molar-refractivity contribution in [3.8, 4) is 0 Å². The highest BCUT2D eigenvalue weighted by Gasteiger charge is 2.23. The van der Waals surface area contributed by atoms with E-state index in [1.54, 1.807) is 18.5 Å². The number of benzene rings is 2. The lowest BCUT2D eigenvalue weighted by atomic mass is 9.99. The van der Waals surface area contributed by atoms with Crippen molar-refractivity contribution in [3.63, 3.8) is 0 Å². The van der Waals surface area contributed by atoms with E-state index in [4.69, 9.17) is 0 Å². The summed E-state index contributed by atoms with van der Waals surface area (Å²) >= 11 is 0. The number of carbonyl (C=O) groups is 2. The summed E-state index contributed by atoms with van der Waals surface area (Å²) in [5.41, 5.74) is 3.94. The predicted octanol–water partition coefficient (Wildman–Crippen LogP) is 5.10. The normalized spacial score (nSPS) is 12.6. The van der Waals surface area contributed by atoms with Crippen molar-refractivity contribution in [3.05, 3.63) is 100 Å². The van der Waals surface area contributed by atoms with Crippen LogP contribution < -0.4 is 10.6 Å². The SMILES string of the molecule is CCCN(CCC)C(=O)Cc1cncc(CC(=O)N[C@@H](Cc2cc(F)cc(F)c2)[C@H](O)CNCc2cccc(C(C)C)c2)c1. The summed E-state index contributed by atoms with van der Waals surface area (Å²) in [6.45, 7) is 10.4. The van der Waals surface area contributed by atoms with Gasteiger partial charge in [0.1, 0.15) is 11.6 Å². The molecule has 3 rings (SSSR count). The Kier molecular flexibility index (Phi) is 13.9. The van der Waals surface area contributed by atoms with Gasteiger partial charge in [-0.1, -0.05) is 58.0 Å². The Morgan fingerprint density at radius 3 is 2.18 bits per heavy atom. The molecule has 0 aliphatic carbocycles. The lowest BCUT2D eigenvalue weighted by molar-refractivity contribution is -0.130. The van der Waals surface area contributed by atoms with E-state index in [-0.39, 0.29) is 37.6 Å². The zero-order chi connectivity index (χ0) is 32.1. The fourth-order valence-corrected chi connectivity index (χ4v) is 5.20. The first-order valence-electron chi connectivity index (χ1n) is 15.5. The van der Waals surface area contributed by atoms with Crippen LogP contribution >= 0.6 is 0 Å². The van der Waals surface area contributed by atoms with Crippen LogP contribution in [0.15, 0.2) is 60.9 Å². The Morgan fingerprint density at radius 2 is 1.55 bits per heavy atom. The highest BCUT2D eigenvalue weighted by atomic mass is 19.1. The Hall–Kier alpha value is -3.69. The zero-order valence-electron chi connectivity index (χ0n) is 26.3. The maximum Gasteiger partial charge on any atom is 0.227 e. The van der Waals surface area contributed by atoms with Crippen molar-refractivity contribution < 1.29 is 23.5 Å². The number of carbonyl (C=O) groups excluding carboxylic acids is 2. The van der Waals surface area contributed by atoms with Crippen LogP contribution in [-0.2, 0) is 35.4 Å². The van der Waals surface area contributed by atoms with Crippen molar-refractivity contribution in [2.75, 3.05) is 19.6 Å². The number of aliphatic hydroxyl groups is 1. The van der Waals surface area contributed by atoms with Gasteiger partial charge >= 0.3 is 0 Å². The van der Waals surface area contributed by atoms with Gasteiger partial charge in [-0.2, -0.15) is 0 Å². The van der Waals surface area contributed by atoms with Crippen LogP contribution in [0.4, 0.5) is 8.78 Å². The van der Waals surface area contributed by atoms with Gasteiger partial charge < -0.3 is 20.6 Å². The molecule has 0 unspecified atom stereocenters. The van der Waals surface area contributed by atoms with Crippen LogP contribution in [0, 0.1) is 11.6 Å². The van der Waals surface area contributed by atoms with Gasteiger partial charge in [-0.25, -0.2) is 8.78 Å². The molecule has 1 aromatic heterocycles. The topological polar surface area (TPSA) is 94.6 Å². The van der Waals surface area contributed by atoms with Crippen LogP contribution in [0.2, 0.25) is 0 Å². The third kappa shape index (κ3) is 11.4. The minimum Gasteiger partial charge on any atom is -0.390 e. The summed E-state index contributed by atoms with van der Waals surface area (Å²) in [5, 5.41) is 17.2. The van der Waals surface area contributed by atoms with Crippen LogP contribution in [-0.4, -0.2) is 58.6 Å². The molecule has 3 N–H and O–H groups in total. The van der Waals surface area contributed by atoms with E-state index in [0.717, 1.165) is 30.0 Å². The summed E-state index contributed by atoms with van der Waals surface area (Å²) in [4.78, 5) is 32.1. The van der Waals surface area contributed by atoms with Crippen LogP contribution in [0.5, 0.6) is 0 Å². The first-order valence-corrected chi connectivity index (χ1v) is 15.5. The maximum atomic E-state index is 13.9. The molecule has 0 aliphatic rings. The Labute approximate surface area is 260 Å². The number of aromatic nitrogens is 1. The summed E-state index contributed by atoms with van der Waals surface area (Å²) in [5.74, 6) is -1.42.